The molecular formula is C26H28FN3O4S. The number of rotatable bonds is 6. The Bertz CT molecular complexity index is 1170. The van der Waals surface area contributed by atoms with E-state index in [0.717, 1.165) is 10.4 Å². The number of fused-ring (bicyclic) bond motifs is 1. The van der Waals surface area contributed by atoms with E-state index in [1.54, 1.807) is 29.2 Å². The minimum atomic E-state index is -1.20. The van der Waals surface area contributed by atoms with Crippen molar-refractivity contribution >= 4 is 29.1 Å². The molecule has 2 N–H and O–H groups in total. The van der Waals surface area contributed by atoms with Crippen LogP contribution in [0.2, 0.25) is 0 Å². The minimum absolute atomic E-state index is 0.201. The summed E-state index contributed by atoms with van der Waals surface area (Å²) in [5.74, 6) is -2.80. The lowest BCUT2D eigenvalue weighted by molar-refractivity contribution is -0.142. The van der Waals surface area contributed by atoms with Gasteiger partial charge in [-0.2, -0.15) is 0 Å². The standard InChI is InChI=1S/C26H28FN3O4S/c1-25(2,3)29-23(32)21-26-11-10-18(34-26)19(22(31)28-13-15-6-8-16(27)9-7-15)20(26)24(33)30(21)14-17-5-4-12-35-17/h4-12,18-21H,13-14H2,1-3H3,(H,28,31)(H,29,32)/t18-,19-,20+,21+,26+/m1/s1. The Balaban J connectivity index is 1.43. The molecule has 5 atom stereocenters. The normalized spacial score (nSPS) is 28.9. The number of nitrogens with one attached hydrogen (secondary N) is 2. The summed E-state index contributed by atoms with van der Waals surface area (Å²) in [6.45, 7) is 6.12. The number of hydrogen-bond donors (Lipinski definition) is 2. The van der Waals surface area contributed by atoms with Crippen LogP contribution in [0.3, 0.4) is 0 Å². The Morgan fingerprint density at radius 1 is 1.17 bits per heavy atom. The lowest BCUT2D eigenvalue weighted by Gasteiger charge is -2.34. The molecular weight excluding hydrogens is 469 g/mol. The van der Waals surface area contributed by atoms with E-state index in [4.69, 9.17) is 4.74 Å². The van der Waals surface area contributed by atoms with Gasteiger partial charge in [0.2, 0.25) is 17.7 Å². The maximum Gasteiger partial charge on any atom is 0.246 e. The third kappa shape index (κ3) is 4.16. The fourth-order valence-electron chi connectivity index (χ4n) is 5.36. The number of nitrogens with zero attached hydrogens (tertiary/aromatic N) is 1. The summed E-state index contributed by atoms with van der Waals surface area (Å²) in [5.41, 5.74) is -0.962. The molecule has 1 spiro atoms. The summed E-state index contributed by atoms with van der Waals surface area (Å²) in [7, 11) is 0. The molecule has 3 aliphatic heterocycles. The molecule has 3 amide bonds. The first kappa shape index (κ1) is 23.7. The van der Waals surface area contributed by atoms with Gasteiger partial charge in [0.25, 0.3) is 0 Å². The zero-order valence-electron chi connectivity index (χ0n) is 19.8. The molecule has 4 heterocycles. The molecule has 0 saturated carbocycles. The van der Waals surface area contributed by atoms with E-state index in [0.29, 0.717) is 0 Å². The first-order chi connectivity index (χ1) is 16.6. The van der Waals surface area contributed by atoms with Crippen LogP contribution in [0.5, 0.6) is 0 Å². The SMILES string of the molecule is CC(C)(C)NC(=O)[C@@H]1N(Cc2cccs2)C(=O)[C@@H]2[C@H](C(=O)NCc3ccc(F)cc3)[C@H]3C=C[C@]21O3. The van der Waals surface area contributed by atoms with Gasteiger partial charge < -0.3 is 20.3 Å². The first-order valence-electron chi connectivity index (χ1n) is 11.6. The predicted octanol–water partition coefficient (Wildman–Crippen LogP) is 2.77. The van der Waals surface area contributed by atoms with Crippen LogP contribution in [0.15, 0.2) is 53.9 Å². The van der Waals surface area contributed by atoms with Gasteiger partial charge in [-0.15, -0.1) is 11.3 Å². The van der Waals surface area contributed by atoms with Gasteiger partial charge in [0.05, 0.1) is 24.5 Å². The van der Waals surface area contributed by atoms with Gasteiger partial charge in [-0.1, -0.05) is 30.4 Å². The summed E-state index contributed by atoms with van der Waals surface area (Å²) >= 11 is 1.51. The monoisotopic (exact) mass is 497 g/mol. The van der Waals surface area contributed by atoms with Crippen LogP contribution < -0.4 is 10.6 Å². The molecule has 184 valence electrons. The molecule has 7 nitrogen and oxygen atoms in total. The van der Waals surface area contributed by atoms with Crippen molar-refractivity contribution in [3.63, 3.8) is 0 Å². The molecule has 2 fully saturated rings. The van der Waals surface area contributed by atoms with Crippen LogP contribution in [-0.4, -0.2) is 45.9 Å². The van der Waals surface area contributed by atoms with Crippen LogP contribution in [0.25, 0.3) is 0 Å². The smallest absolute Gasteiger partial charge is 0.246 e. The summed E-state index contributed by atoms with van der Waals surface area (Å²) in [5, 5.41) is 7.80. The van der Waals surface area contributed by atoms with Gasteiger partial charge >= 0.3 is 0 Å². The van der Waals surface area contributed by atoms with Crippen molar-refractivity contribution in [1.29, 1.82) is 0 Å². The molecule has 0 aliphatic carbocycles. The number of carbonyl (C=O) groups excluding carboxylic acids is 3. The van der Waals surface area contributed by atoms with E-state index in [1.165, 1.54) is 23.5 Å². The second kappa shape index (κ2) is 8.57. The molecule has 2 aromatic rings. The van der Waals surface area contributed by atoms with Crippen molar-refractivity contribution in [2.45, 2.75) is 57.1 Å². The Morgan fingerprint density at radius 2 is 1.91 bits per heavy atom. The fraction of sp³-hybridized carbons (Fsp3) is 0.423. The largest absolute Gasteiger partial charge is 0.359 e. The summed E-state index contributed by atoms with van der Waals surface area (Å²) < 4.78 is 19.5. The number of benzene rings is 1. The Labute approximate surface area is 207 Å². The van der Waals surface area contributed by atoms with Crippen LogP contribution in [0.1, 0.15) is 31.2 Å². The van der Waals surface area contributed by atoms with Gasteiger partial charge in [0, 0.05) is 17.0 Å². The third-order valence-corrected chi connectivity index (χ3v) is 7.57. The molecule has 35 heavy (non-hydrogen) atoms. The zero-order valence-corrected chi connectivity index (χ0v) is 20.6. The van der Waals surface area contributed by atoms with E-state index in [-0.39, 0.29) is 36.6 Å². The van der Waals surface area contributed by atoms with Crippen LogP contribution >= 0.6 is 11.3 Å². The van der Waals surface area contributed by atoms with Crippen molar-refractivity contribution in [2.24, 2.45) is 11.8 Å². The van der Waals surface area contributed by atoms with Crippen LogP contribution in [0, 0.1) is 17.7 Å². The lowest BCUT2D eigenvalue weighted by Crippen LogP contribution is -2.57. The first-order valence-corrected chi connectivity index (χ1v) is 12.5. The molecule has 2 bridgehead atoms. The van der Waals surface area contributed by atoms with Gasteiger partial charge in [-0.25, -0.2) is 4.39 Å². The second-order valence-electron chi connectivity index (χ2n) is 10.3. The van der Waals surface area contributed by atoms with E-state index >= 15 is 0 Å². The number of ether oxygens (including phenoxy) is 1. The van der Waals surface area contributed by atoms with Crippen LogP contribution in [-0.2, 0) is 32.2 Å². The summed E-state index contributed by atoms with van der Waals surface area (Å²) in [6, 6.07) is 8.80. The Kier molecular flexibility index (Phi) is 5.80. The summed E-state index contributed by atoms with van der Waals surface area (Å²) in [4.78, 5) is 43.2. The highest BCUT2D eigenvalue weighted by Crippen LogP contribution is 2.55. The van der Waals surface area contributed by atoms with E-state index in [2.05, 4.69) is 10.6 Å². The molecule has 0 unspecified atom stereocenters. The number of hydrogen-bond acceptors (Lipinski definition) is 5. The third-order valence-electron chi connectivity index (χ3n) is 6.71. The van der Waals surface area contributed by atoms with Crippen molar-refractivity contribution in [3.8, 4) is 0 Å². The average molecular weight is 498 g/mol. The topological polar surface area (TPSA) is 87.7 Å². The van der Waals surface area contributed by atoms with Gasteiger partial charge in [-0.3, -0.25) is 14.4 Å². The fourth-order valence-corrected chi connectivity index (χ4v) is 6.06. The van der Waals surface area contributed by atoms with Gasteiger partial charge in [0.15, 0.2) is 0 Å². The zero-order chi connectivity index (χ0) is 25.0. The quantitative estimate of drug-likeness (QED) is 0.601. The van der Waals surface area contributed by atoms with Crippen molar-refractivity contribution in [3.05, 3.63) is 70.2 Å². The minimum Gasteiger partial charge on any atom is -0.359 e. The number of amides is 3. The molecule has 9 heteroatoms. The Morgan fingerprint density at radius 3 is 2.57 bits per heavy atom. The van der Waals surface area contributed by atoms with E-state index in [9.17, 15) is 18.8 Å². The highest BCUT2D eigenvalue weighted by molar-refractivity contribution is 7.09. The lowest BCUT2D eigenvalue weighted by atomic mass is 9.74. The van der Waals surface area contributed by atoms with Gasteiger partial charge in [-0.05, 0) is 49.9 Å². The number of likely N-dealkylation sites (tertiary alicyclic amines) is 1. The van der Waals surface area contributed by atoms with Crippen molar-refractivity contribution in [1.82, 2.24) is 15.5 Å². The Hall–Kier alpha value is -3.04. The molecule has 1 aromatic carbocycles. The number of carbonyl (C=O) groups is 3. The number of thiophene rings is 1. The maximum atomic E-state index is 13.8. The molecule has 3 aliphatic rings. The number of halogens is 1. The van der Waals surface area contributed by atoms with Crippen molar-refractivity contribution < 1.29 is 23.5 Å². The molecule has 1 aromatic heterocycles. The average Bonchev–Trinajstić information content (AvgIpc) is 3.55. The molecule has 2 saturated heterocycles. The second-order valence-corrected chi connectivity index (χ2v) is 11.4. The molecule has 0 radical (unpaired) electrons. The van der Waals surface area contributed by atoms with E-state index < -0.39 is 35.1 Å². The summed E-state index contributed by atoms with van der Waals surface area (Å²) in [6.07, 6.45) is 2.99. The van der Waals surface area contributed by atoms with Crippen molar-refractivity contribution in [2.75, 3.05) is 0 Å². The highest BCUT2D eigenvalue weighted by Gasteiger charge is 2.72. The van der Waals surface area contributed by atoms with E-state index in [1.807, 2.05) is 38.3 Å². The predicted molar refractivity (Wildman–Crippen MR) is 129 cm³/mol. The molecule has 5 rings (SSSR count). The highest BCUT2D eigenvalue weighted by atomic mass is 32.1. The van der Waals surface area contributed by atoms with Gasteiger partial charge in [0.1, 0.15) is 17.5 Å². The maximum absolute atomic E-state index is 13.8. The van der Waals surface area contributed by atoms with Crippen LogP contribution in [0.4, 0.5) is 4.39 Å².